The van der Waals surface area contributed by atoms with Crippen molar-refractivity contribution in [1.82, 2.24) is 15.1 Å². The number of rotatable bonds is 3. The van der Waals surface area contributed by atoms with Gasteiger partial charge >= 0.3 is 12.2 Å². The maximum atomic E-state index is 14.1. The van der Waals surface area contributed by atoms with Gasteiger partial charge < -0.3 is 24.6 Å². The number of hydrogen-bond acceptors (Lipinski definition) is 4. The average molecular weight is 485 g/mol. The van der Waals surface area contributed by atoms with Crippen molar-refractivity contribution in [1.29, 1.82) is 0 Å². The van der Waals surface area contributed by atoms with Crippen LogP contribution in [0.25, 0.3) is 0 Å². The van der Waals surface area contributed by atoms with Crippen molar-refractivity contribution in [2.24, 2.45) is 11.8 Å². The Morgan fingerprint density at radius 3 is 2.56 bits per heavy atom. The van der Waals surface area contributed by atoms with E-state index in [0.717, 1.165) is 25.0 Å². The van der Waals surface area contributed by atoms with Crippen molar-refractivity contribution in [3.63, 3.8) is 0 Å². The van der Waals surface area contributed by atoms with E-state index in [1.54, 1.807) is 4.90 Å². The Hall–Kier alpha value is -2.40. The fraction of sp³-hybridized carbons (Fsp3) is 0.652. The molecule has 7 nitrogen and oxygen atoms in total. The lowest BCUT2D eigenvalue weighted by molar-refractivity contribution is -0.140. The summed E-state index contributed by atoms with van der Waals surface area (Å²) in [5.74, 6) is -0.523. The molecule has 4 atom stereocenters. The number of morpholine rings is 1. The molecule has 3 amide bonds. The van der Waals surface area contributed by atoms with Gasteiger partial charge in [0.1, 0.15) is 12.4 Å². The predicted octanol–water partition coefficient (Wildman–Crippen LogP) is 2.78. The van der Waals surface area contributed by atoms with Crippen molar-refractivity contribution >= 4 is 11.9 Å². The summed E-state index contributed by atoms with van der Waals surface area (Å²) >= 11 is 0. The van der Waals surface area contributed by atoms with Gasteiger partial charge in [0.2, 0.25) is 5.91 Å². The summed E-state index contributed by atoms with van der Waals surface area (Å²) in [5.41, 5.74) is -0.916. The van der Waals surface area contributed by atoms with E-state index >= 15 is 0 Å². The molecule has 1 saturated carbocycles. The quantitative estimate of drug-likeness (QED) is 0.669. The largest absolute Gasteiger partial charge is 0.416 e. The minimum absolute atomic E-state index is 0.0306. The Bertz CT molecular complexity index is 945. The number of carbonyl (C=O) groups excluding carboxylic acids is 2. The number of ether oxygens (including phenoxy) is 2. The molecule has 34 heavy (non-hydrogen) atoms. The first kappa shape index (κ1) is 23.3. The van der Waals surface area contributed by atoms with Crippen LogP contribution in [0.4, 0.5) is 22.4 Å². The van der Waals surface area contributed by atoms with Crippen LogP contribution in [0.5, 0.6) is 0 Å². The molecule has 4 aliphatic rings. The van der Waals surface area contributed by atoms with Crippen LogP contribution in [0.2, 0.25) is 0 Å². The highest BCUT2D eigenvalue weighted by Gasteiger charge is 2.45. The zero-order chi connectivity index (χ0) is 24.0. The molecule has 11 heteroatoms. The predicted molar refractivity (Wildman–Crippen MR) is 111 cm³/mol. The second-order valence-corrected chi connectivity index (χ2v) is 9.67. The number of likely N-dealkylation sites (tertiary alicyclic amines) is 2. The molecule has 1 aromatic rings. The van der Waals surface area contributed by atoms with Gasteiger partial charge in [0.25, 0.3) is 0 Å². The Kier molecular flexibility index (Phi) is 6.18. The van der Waals surface area contributed by atoms with Gasteiger partial charge in [-0.15, -0.1) is 0 Å². The summed E-state index contributed by atoms with van der Waals surface area (Å²) in [6.07, 6.45) is -2.60. The van der Waals surface area contributed by atoms with Crippen molar-refractivity contribution in [2.45, 2.75) is 50.3 Å². The van der Waals surface area contributed by atoms with Crippen LogP contribution in [0.15, 0.2) is 18.2 Å². The maximum Gasteiger partial charge on any atom is 0.416 e. The van der Waals surface area contributed by atoms with Gasteiger partial charge in [0.15, 0.2) is 0 Å². The van der Waals surface area contributed by atoms with Crippen molar-refractivity contribution < 1.29 is 36.6 Å². The molecule has 1 N–H and O–H groups in total. The number of hydrogen-bond donors (Lipinski definition) is 1. The average Bonchev–Trinajstić information content (AvgIpc) is 3.35. The molecule has 5 rings (SSSR count). The van der Waals surface area contributed by atoms with Gasteiger partial charge in [0.05, 0.1) is 30.4 Å². The number of urea groups is 1. The highest BCUT2D eigenvalue weighted by molar-refractivity contribution is 5.79. The topological polar surface area (TPSA) is 71.1 Å². The second-order valence-electron chi connectivity index (χ2n) is 9.67. The number of nitrogens with one attached hydrogen (secondary N) is 1. The molecule has 0 aromatic heterocycles. The molecule has 186 valence electrons. The van der Waals surface area contributed by atoms with Crippen LogP contribution >= 0.6 is 0 Å². The number of piperidine rings is 1. The second kappa shape index (κ2) is 8.99. The molecule has 2 unspecified atom stereocenters. The fourth-order valence-corrected chi connectivity index (χ4v) is 5.66. The summed E-state index contributed by atoms with van der Waals surface area (Å²) < 4.78 is 63.6. The zero-order valence-corrected chi connectivity index (χ0v) is 18.5. The van der Waals surface area contributed by atoms with Gasteiger partial charge in [-0.05, 0) is 43.2 Å². The van der Waals surface area contributed by atoms with E-state index in [0.29, 0.717) is 38.7 Å². The Balaban J connectivity index is 1.10. The Morgan fingerprint density at radius 2 is 1.88 bits per heavy atom. The van der Waals surface area contributed by atoms with Crippen LogP contribution in [0.1, 0.15) is 30.4 Å². The molecular weight excluding hydrogens is 458 g/mol. The summed E-state index contributed by atoms with van der Waals surface area (Å²) in [5, 5.41) is 2.91. The lowest BCUT2D eigenvalue weighted by atomic mass is 10.0. The molecule has 0 bridgehead atoms. The van der Waals surface area contributed by atoms with Crippen LogP contribution in [-0.2, 0) is 27.1 Å². The molecule has 0 spiro atoms. The molecule has 1 aliphatic carbocycles. The van der Waals surface area contributed by atoms with Gasteiger partial charge in [-0.1, -0.05) is 6.07 Å². The number of nitrogens with zero attached hydrogens (tertiary/aromatic N) is 2. The first-order valence-corrected chi connectivity index (χ1v) is 11.6. The summed E-state index contributed by atoms with van der Waals surface area (Å²) in [7, 11) is 0. The Morgan fingerprint density at radius 1 is 1.15 bits per heavy atom. The smallest absolute Gasteiger partial charge is 0.373 e. The summed E-state index contributed by atoms with van der Waals surface area (Å²) in [6.45, 7) is 2.24. The number of alkyl halides is 3. The van der Waals surface area contributed by atoms with E-state index in [4.69, 9.17) is 9.47 Å². The lowest BCUT2D eigenvalue weighted by Crippen LogP contribution is -2.62. The van der Waals surface area contributed by atoms with Gasteiger partial charge in [-0.2, -0.15) is 13.2 Å². The zero-order valence-electron chi connectivity index (χ0n) is 18.5. The molecular formula is C23H27F4N3O4. The molecule has 3 heterocycles. The van der Waals surface area contributed by atoms with E-state index in [9.17, 15) is 27.2 Å². The molecule has 4 fully saturated rings. The molecule has 3 aliphatic heterocycles. The number of amides is 3. The maximum absolute atomic E-state index is 14.1. The number of benzene rings is 1. The number of fused-ring (bicyclic) bond motifs is 2. The van der Waals surface area contributed by atoms with Crippen molar-refractivity contribution in [3.05, 3.63) is 35.1 Å². The SMILES string of the molecule is O=C1CO[C@H]2CCN(C(=O)N3CC4CC(OCc5ccc(C(F)(F)F)cc5F)CC4C3)C[C@H]2N1. The van der Waals surface area contributed by atoms with E-state index in [1.807, 2.05) is 4.90 Å². The third-order valence-electron chi connectivity index (χ3n) is 7.43. The van der Waals surface area contributed by atoms with E-state index in [-0.39, 0.29) is 60.8 Å². The van der Waals surface area contributed by atoms with E-state index in [1.165, 1.54) is 0 Å². The normalized spacial score (nSPS) is 31.3. The first-order chi connectivity index (χ1) is 16.2. The van der Waals surface area contributed by atoms with Gasteiger partial charge in [-0.3, -0.25) is 4.79 Å². The number of halogens is 4. The van der Waals surface area contributed by atoms with Gasteiger partial charge in [-0.25, -0.2) is 9.18 Å². The number of carbonyl (C=O) groups is 2. The minimum Gasteiger partial charge on any atom is -0.373 e. The Labute approximate surface area is 194 Å². The highest BCUT2D eigenvalue weighted by Crippen LogP contribution is 2.40. The third-order valence-corrected chi connectivity index (χ3v) is 7.43. The lowest BCUT2D eigenvalue weighted by Gasteiger charge is -2.42. The first-order valence-electron chi connectivity index (χ1n) is 11.6. The fourth-order valence-electron chi connectivity index (χ4n) is 5.66. The molecule has 3 saturated heterocycles. The molecule has 0 radical (unpaired) electrons. The van der Waals surface area contributed by atoms with E-state index in [2.05, 4.69) is 5.32 Å². The summed E-state index contributed by atoms with van der Waals surface area (Å²) in [6, 6.07) is 2.28. The van der Waals surface area contributed by atoms with E-state index < -0.39 is 17.6 Å². The summed E-state index contributed by atoms with van der Waals surface area (Å²) in [4.78, 5) is 28.3. The molecule has 1 aromatic carbocycles. The third kappa shape index (κ3) is 4.72. The van der Waals surface area contributed by atoms with Crippen LogP contribution in [0, 0.1) is 17.7 Å². The standard InChI is InChI=1S/C23H27F4N3O4/c24-18-7-16(23(25,26)27)2-1-13(18)11-33-17-5-14-8-30(9-15(14)6-17)22(32)29-4-3-20-19(10-29)28-21(31)12-34-20/h1-2,7,14-15,17,19-20H,3-6,8-12H2,(H,28,31)/t14?,15?,17?,19-,20+/m1/s1. The highest BCUT2D eigenvalue weighted by atomic mass is 19.4. The van der Waals surface area contributed by atoms with Crippen LogP contribution < -0.4 is 5.32 Å². The van der Waals surface area contributed by atoms with Gasteiger partial charge in [0, 0.05) is 31.7 Å². The van der Waals surface area contributed by atoms with Crippen LogP contribution in [-0.4, -0.2) is 72.8 Å². The van der Waals surface area contributed by atoms with Crippen molar-refractivity contribution in [3.8, 4) is 0 Å². The minimum atomic E-state index is -4.58. The monoisotopic (exact) mass is 485 g/mol. The van der Waals surface area contributed by atoms with Crippen LogP contribution in [0.3, 0.4) is 0 Å². The van der Waals surface area contributed by atoms with Crippen molar-refractivity contribution in [2.75, 3.05) is 32.8 Å².